The van der Waals surface area contributed by atoms with Crippen LogP contribution in [0.1, 0.15) is 34.6 Å². The first kappa shape index (κ1) is 18.4. The zero-order valence-corrected chi connectivity index (χ0v) is 16.4. The first-order valence-corrected chi connectivity index (χ1v) is 10.0. The molecule has 28 heavy (non-hydrogen) atoms. The molecule has 1 aliphatic heterocycles. The van der Waals surface area contributed by atoms with Crippen molar-refractivity contribution in [3.63, 3.8) is 0 Å². The molecule has 0 unspecified atom stereocenters. The lowest BCUT2D eigenvalue weighted by Crippen LogP contribution is -2.30. The molecular formula is C21H19N3O3S. The van der Waals surface area contributed by atoms with Crippen molar-refractivity contribution in [1.29, 1.82) is 0 Å². The number of carbonyl (C=O) groups is 2. The molecule has 6 nitrogen and oxygen atoms in total. The largest absolute Gasteiger partial charge is 0.287 e. The van der Waals surface area contributed by atoms with Crippen LogP contribution in [-0.4, -0.2) is 32.1 Å². The molecule has 0 aliphatic carbocycles. The Morgan fingerprint density at radius 1 is 0.929 bits per heavy atom. The second kappa shape index (κ2) is 7.24. The maximum Gasteiger partial charge on any atom is 0.262 e. The van der Waals surface area contributed by atoms with Crippen LogP contribution in [0, 0.1) is 5.92 Å². The monoisotopic (exact) mass is 393 g/mol. The molecule has 0 radical (unpaired) electrons. The summed E-state index contributed by atoms with van der Waals surface area (Å²) in [6, 6.07) is 14.0. The average molecular weight is 393 g/mol. The third-order valence-electron chi connectivity index (χ3n) is 4.58. The van der Waals surface area contributed by atoms with Crippen LogP contribution in [0.5, 0.6) is 0 Å². The van der Waals surface area contributed by atoms with Gasteiger partial charge in [0, 0.05) is 6.54 Å². The van der Waals surface area contributed by atoms with E-state index in [-0.39, 0.29) is 29.2 Å². The Kier molecular flexibility index (Phi) is 4.77. The molecule has 1 aliphatic rings. The number of fused-ring (bicyclic) bond motifs is 2. The molecule has 0 atom stereocenters. The molecule has 0 saturated heterocycles. The fourth-order valence-corrected chi connectivity index (χ4v) is 4.22. The standard InChI is InChI=1S/C21H19N3O3S/c1-13(2)11-23-20(27)16-9-5-6-10-17(16)22-21(23)28-12-24-18(25)14-7-3-4-8-15(14)19(24)26/h3-10,13H,11-12H2,1-2H3. The SMILES string of the molecule is CC(C)Cn1c(SCN2C(=O)c3ccccc3C2=O)nc2ccccc2c1=O. The lowest BCUT2D eigenvalue weighted by atomic mass is 10.1. The summed E-state index contributed by atoms with van der Waals surface area (Å²) < 4.78 is 1.63. The summed E-state index contributed by atoms with van der Waals surface area (Å²) in [6.07, 6.45) is 0. The first-order valence-electron chi connectivity index (χ1n) is 9.05. The van der Waals surface area contributed by atoms with Crippen LogP contribution in [0.15, 0.2) is 58.5 Å². The van der Waals surface area contributed by atoms with Crippen LogP contribution in [-0.2, 0) is 6.54 Å². The molecule has 0 fully saturated rings. The maximum absolute atomic E-state index is 13.0. The predicted octanol–water partition coefficient (Wildman–Crippen LogP) is 3.40. The molecule has 3 aromatic rings. The molecule has 142 valence electrons. The molecular weight excluding hydrogens is 374 g/mol. The van der Waals surface area contributed by atoms with Crippen molar-refractivity contribution < 1.29 is 9.59 Å². The van der Waals surface area contributed by atoms with Gasteiger partial charge >= 0.3 is 0 Å². The number of aromatic nitrogens is 2. The highest BCUT2D eigenvalue weighted by Crippen LogP contribution is 2.27. The minimum absolute atomic E-state index is 0.106. The first-order chi connectivity index (χ1) is 13.5. The lowest BCUT2D eigenvalue weighted by Gasteiger charge is -2.17. The lowest BCUT2D eigenvalue weighted by molar-refractivity contribution is 0.0684. The van der Waals surface area contributed by atoms with Gasteiger partial charge in [0.05, 0.1) is 27.9 Å². The molecule has 2 heterocycles. The van der Waals surface area contributed by atoms with Gasteiger partial charge in [-0.3, -0.25) is 23.9 Å². The number of benzene rings is 2. The molecule has 0 N–H and O–H groups in total. The zero-order valence-electron chi connectivity index (χ0n) is 15.6. The summed E-state index contributed by atoms with van der Waals surface area (Å²) in [6.45, 7) is 4.57. The van der Waals surface area contributed by atoms with Crippen molar-refractivity contribution in [3.8, 4) is 0 Å². The maximum atomic E-state index is 13.0. The van der Waals surface area contributed by atoms with Crippen molar-refractivity contribution in [2.24, 2.45) is 5.92 Å². The molecule has 4 rings (SSSR count). The highest BCUT2D eigenvalue weighted by Gasteiger charge is 2.35. The fraction of sp³-hybridized carbons (Fsp3) is 0.238. The summed E-state index contributed by atoms with van der Waals surface area (Å²) in [5.41, 5.74) is 1.33. The third-order valence-corrected chi connectivity index (χ3v) is 5.53. The van der Waals surface area contributed by atoms with Crippen LogP contribution < -0.4 is 5.56 Å². The number of hydrogen-bond donors (Lipinski definition) is 0. The topological polar surface area (TPSA) is 72.3 Å². The van der Waals surface area contributed by atoms with Crippen LogP contribution in [0.25, 0.3) is 10.9 Å². The quantitative estimate of drug-likeness (QED) is 0.377. The minimum Gasteiger partial charge on any atom is -0.287 e. The number of carbonyl (C=O) groups excluding carboxylic acids is 2. The van der Waals surface area contributed by atoms with Gasteiger partial charge in [0.1, 0.15) is 0 Å². The molecule has 2 amide bonds. The van der Waals surface area contributed by atoms with Crippen LogP contribution in [0.2, 0.25) is 0 Å². The summed E-state index contributed by atoms with van der Waals surface area (Å²) >= 11 is 1.23. The van der Waals surface area contributed by atoms with E-state index < -0.39 is 0 Å². The number of thioether (sulfide) groups is 1. The van der Waals surface area contributed by atoms with Gasteiger partial charge < -0.3 is 0 Å². The Morgan fingerprint density at radius 3 is 2.18 bits per heavy atom. The number of para-hydroxylation sites is 1. The van der Waals surface area contributed by atoms with Gasteiger partial charge in [-0.05, 0) is 30.2 Å². The van der Waals surface area contributed by atoms with Gasteiger partial charge in [0.2, 0.25) is 0 Å². The van der Waals surface area contributed by atoms with E-state index in [1.807, 2.05) is 26.0 Å². The Hall–Kier alpha value is -2.93. The van der Waals surface area contributed by atoms with Gasteiger partial charge in [-0.2, -0.15) is 0 Å². The second-order valence-electron chi connectivity index (χ2n) is 7.08. The highest BCUT2D eigenvalue weighted by molar-refractivity contribution is 7.99. The Morgan fingerprint density at radius 2 is 1.54 bits per heavy atom. The van der Waals surface area contributed by atoms with Gasteiger partial charge in [-0.1, -0.05) is 49.9 Å². The Bertz CT molecular complexity index is 1120. The molecule has 1 aromatic heterocycles. The van der Waals surface area contributed by atoms with Crippen molar-refractivity contribution in [1.82, 2.24) is 14.5 Å². The van der Waals surface area contributed by atoms with E-state index in [9.17, 15) is 14.4 Å². The van der Waals surface area contributed by atoms with Gasteiger partial charge in [0.25, 0.3) is 17.4 Å². The van der Waals surface area contributed by atoms with Gasteiger partial charge in [-0.15, -0.1) is 0 Å². The summed E-state index contributed by atoms with van der Waals surface area (Å²) in [5, 5.41) is 1.07. The molecule has 7 heteroatoms. The van der Waals surface area contributed by atoms with E-state index in [1.165, 1.54) is 16.7 Å². The molecule has 2 aromatic carbocycles. The normalized spacial score (nSPS) is 13.6. The van der Waals surface area contributed by atoms with Gasteiger partial charge in [-0.25, -0.2) is 4.98 Å². The van der Waals surface area contributed by atoms with E-state index in [0.29, 0.717) is 33.7 Å². The zero-order chi connectivity index (χ0) is 19.8. The van der Waals surface area contributed by atoms with E-state index in [2.05, 4.69) is 4.98 Å². The molecule has 0 spiro atoms. The summed E-state index contributed by atoms with van der Waals surface area (Å²) in [5.74, 6) is -0.271. The Labute approximate surface area is 166 Å². The average Bonchev–Trinajstić information content (AvgIpc) is 2.93. The van der Waals surface area contributed by atoms with Crippen molar-refractivity contribution in [3.05, 3.63) is 70.0 Å². The number of imide groups is 1. The van der Waals surface area contributed by atoms with Crippen molar-refractivity contribution in [2.45, 2.75) is 25.5 Å². The molecule has 0 saturated carbocycles. The fourth-order valence-electron chi connectivity index (χ4n) is 3.26. The molecule has 0 bridgehead atoms. The van der Waals surface area contributed by atoms with E-state index in [4.69, 9.17) is 0 Å². The van der Waals surface area contributed by atoms with Crippen LogP contribution in [0.3, 0.4) is 0 Å². The van der Waals surface area contributed by atoms with E-state index >= 15 is 0 Å². The predicted molar refractivity (Wildman–Crippen MR) is 109 cm³/mol. The van der Waals surface area contributed by atoms with Crippen molar-refractivity contribution in [2.75, 3.05) is 5.88 Å². The number of amides is 2. The van der Waals surface area contributed by atoms with Crippen LogP contribution >= 0.6 is 11.8 Å². The number of nitrogens with zero attached hydrogens (tertiary/aromatic N) is 3. The van der Waals surface area contributed by atoms with E-state index in [1.54, 1.807) is 41.0 Å². The highest BCUT2D eigenvalue weighted by atomic mass is 32.2. The Balaban J connectivity index is 1.68. The summed E-state index contributed by atoms with van der Waals surface area (Å²) in [4.78, 5) is 43.9. The summed E-state index contributed by atoms with van der Waals surface area (Å²) in [7, 11) is 0. The van der Waals surface area contributed by atoms with E-state index in [0.717, 1.165) is 0 Å². The smallest absolute Gasteiger partial charge is 0.262 e. The number of hydrogen-bond acceptors (Lipinski definition) is 5. The van der Waals surface area contributed by atoms with Crippen molar-refractivity contribution >= 4 is 34.5 Å². The number of rotatable bonds is 5. The minimum atomic E-state index is -0.313. The van der Waals surface area contributed by atoms with Gasteiger partial charge in [0.15, 0.2) is 5.16 Å². The third kappa shape index (κ3) is 3.11. The van der Waals surface area contributed by atoms with Crippen LogP contribution in [0.4, 0.5) is 0 Å². The second-order valence-corrected chi connectivity index (χ2v) is 7.99.